The molecule has 0 aromatic heterocycles. The van der Waals surface area contributed by atoms with Gasteiger partial charge in [0, 0.05) is 24.5 Å². The van der Waals surface area contributed by atoms with Gasteiger partial charge in [0.25, 0.3) is 0 Å². The second kappa shape index (κ2) is 8.17. The molecule has 112 valence electrons. The maximum Gasteiger partial charge on any atom is 0.227 e. The van der Waals surface area contributed by atoms with Crippen LogP contribution in [0.3, 0.4) is 0 Å². The monoisotopic (exact) mass is 306 g/mol. The molecule has 0 radical (unpaired) electrons. The van der Waals surface area contributed by atoms with Gasteiger partial charge in [0.1, 0.15) is 0 Å². The topological polar surface area (TPSA) is 58.2 Å². The maximum absolute atomic E-state index is 12.4. The van der Waals surface area contributed by atoms with Gasteiger partial charge in [0.15, 0.2) is 5.78 Å². The van der Waals surface area contributed by atoms with Gasteiger partial charge in [-0.05, 0) is 27.3 Å². The van der Waals surface area contributed by atoms with Crippen molar-refractivity contribution < 1.29 is 9.59 Å². The van der Waals surface area contributed by atoms with Crippen LogP contribution in [-0.4, -0.2) is 41.8 Å². The van der Waals surface area contributed by atoms with Gasteiger partial charge in [0.2, 0.25) is 5.91 Å². The van der Waals surface area contributed by atoms with Gasteiger partial charge in [0.05, 0.1) is 11.0 Å². The number of Topliss-reactive ketones (excluding diaryl/α,β-unsaturated/α-hetero) is 1. The second-order valence-corrected chi connectivity index (χ2v) is 5.83. The van der Waals surface area contributed by atoms with Crippen LogP contribution in [0.25, 0.3) is 0 Å². The Kier molecular flexibility index (Phi) is 8.08. The average Bonchev–Trinajstić information content (AvgIpc) is 2.38. The number of amides is 1. The summed E-state index contributed by atoms with van der Waals surface area (Å²) in [4.78, 5) is 24.5. The smallest absolute Gasteiger partial charge is 0.227 e. The van der Waals surface area contributed by atoms with Gasteiger partial charge in [-0.15, -0.1) is 0 Å². The van der Waals surface area contributed by atoms with Crippen LogP contribution in [0, 0.1) is 5.41 Å². The summed E-state index contributed by atoms with van der Waals surface area (Å²) in [6.45, 7) is 8.62. The van der Waals surface area contributed by atoms with Gasteiger partial charge < -0.3 is 10.6 Å². The van der Waals surface area contributed by atoms with Crippen molar-refractivity contribution in [3.63, 3.8) is 0 Å². The largest absolute Gasteiger partial charge is 0.356 e. The number of nitrogens with one attached hydrogen (secondary N) is 2. The molecule has 0 aliphatic rings. The molecule has 6 heteroatoms. The summed E-state index contributed by atoms with van der Waals surface area (Å²) in [6.07, 6.45) is 0.159. The third-order valence-corrected chi connectivity index (χ3v) is 4.61. The number of carbonyl (C=O) groups is 2. The molecule has 1 amide bonds. The molecule has 2 N–H and O–H groups in total. The van der Waals surface area contributed by atoms with Crippen LogP contribution in [-0.2, 0) is 9.59 Å². The van der Waals surface area contributed by atoms with E-state index in [0.29, 0.717) is 24.6 Å². The first-order valence-corrected chi connectivity index (χ1v) is 7.84. The molecule has 0 spiro atoms. The molecule has 0 saturated heterocycles. The summed E-state index contributed by atoms with van der Waals surface area (Å²) in [5.41, 5.74) is -1.48. The third-order valence-electron chi connectivity index (χ3n) is 3.28. The molecule has 0 heterocycles. The van der Waals surface area contributed by atoms with Crippen LogP contribution in [0.1, 0.15) is 34.1 Å². The third kappa shape index (κ3) is 5.00. The minimum absolute atomic E-state index is 0.00727. The number of rotatable bonds is 9. The van der Waals surface area contributed by atoms with Gasteiger partial charge >= 0.3 is 0 Å². The summed E-state index contributed by atoms with van der Waals surface area (Å²) in [6, 6.07) is 0. The quantitative estimate of drug-likeness (QED) is 0.486. The molecule has 4 nitrogen and oxygen atoms in total. The summed E-state index contributed by atoms with van der Waals surface area (Å²) < 4.78 is 0. The van der Waals surface area contributed by atoms with Gasteiger partial charge in [-0.3, -0.25) is 9.59 Å². The number of hydrogen-bond acceptors (Lipinski definition) is 5. The summed E-state index contributed by atoms with van der Waals surface area (Å²) in [5, 5.41) is 5.91. The highest BCUT2D eigenvalue weighted by atomic mass is 32.1. The number of thiol groups is 2. The van der Waals surface area contributed by atoms with Gasteiger partial charge in [-0.2, -0.15) is 25.3 Å². The summed E-state index contributed by atoms with van der Waals surface area (Å²) in [7, 11) is 0. The molecule has 0 fully saturated rings. The molecule has 0 bridgehead atoms. The van der Waals surface area contributed by atoms with Crippen molar-refractivity contribution in [2.24, 2.45) is 5.41 Å². The molecule has 0 aliphatic heterocycles. The van der Waals surface area contributed by atoms with E-state index in [1.165, 1.54) is 0 Å². The van der Waals surface area contributed by atoms with Crippen molar-refractivity contribution in [2.75, 3.05) is 24.6 Å². The van der Waals surface area contributed by atoms with Crippen molar-refractivity contribution in [1.82, 2.24) is 10.6 Å². The van der Waals surface area contributed by atoms with Crippen LogP contribution >= 0.6 is 25.3 Å². The normalized spacial score (nSPS) is 17.4. The Morgan fingerprint density at radius 1 is 1.05 bits per heavy atom. The lowest BCUT2D eigenvalue weighted by molar-refractivity contribution is -0.135. The first-order chi connectivity index (χ1) is 8.79. The minimum Gasteiger partial charge on any atom is -0.356 e. The molecule has 0 aliphatic carbocycles. The van der Waals surface area contributed by atoms with E-state index in [0.717, 1.165) is 0 Å². The predicted molar refractivity (Wildman–Crippen MR) is 86.2 cm³/mol. The van der Waals surface area contributed by atoms with Gasteiger partial charge in [-0.25, -0.2) is 0 Å². The highest BCUT2D eigenvalue weighted by Crippen LogP contribution is 2.27. The Morgan fingerprint density at radius 3 is 2.00 bits per heavy atom. The predicted octanol–water partition coefficient (Wildman–Crippen LogP) is 1.32. The van der Waals surface area contributed by atoms with E-state index in [9.17, 15) is 9.59 Å². The van der Waals surface area contributed by atoms with Crippen LogP contribution in [0.2, 0.25) is 0 Å². The van der Waals surface area contributed by atoms with E-state index in [1.807, 2.05) is 20.8 Å². The Bertz CT molecular complexity index is 326. The number of hydrogen-bond donors (Lipinski definition) is 4. The molecule has 0 aromatic carbocycles. The van der Waals surface area contributed by atoms with E-state index in [-0.39, 0.29) is 18.1 Å². The number of ketones is 1. The Morgan fingerprint density at radius 2 is 1.63 bits per heavy atom. The van der Waals surface area contributed by atoms with Crippen molar-refractivity contribution >= 4 is 36.9 Å². The fourth-order valence-electron chi connectivity index (χ4n) is 1.76. The lowest BCUT2D eigenvalue weighted by Crippen LogP contribution is -2.54. The summed E-state index contributed by atoms with van der Waals surface area (Å²) >= 11 is 8.48. The molecule has 2 atom stereocenters. The van der Waals surface area contributed by atoms with Crippen LogP contribution in [0.4, 0.5) is 0 Å². The maximum atomic E-state index is 12.4. The van der Waals surface area contributed by atoms with Crippen LogP contribution in [0.15, 0.2) is 0 Å². The zero-order valence-corrected chi connectivity index (χ0v) is 14.0. The number of carbonyl (C=O) groups excluding carboxylic acids is 2. The van der Waals surface area contributed by atoms with E-state index in [1.54, 1.807) is 6.92 Å². The fourth-order valence-corrected chi connectivity index (χ4v) is 2.31. The highest BCUT2D eigenvalue weighted by molar-refractivity contribution is 7.80. The van der Waals surface area contributed by atoms with Crippen molar-refractivity contribution in [2.45, 2.75) is 39.7 Å². The van der Waals surface area contributed by atoms with Crippen molar-refractivity contribution in [3.8, 4) is 0 Å². The zero-order valence-electron chi connectivity index (χ0n) is 12.2. The summed E-state index contributed by atoms with van der Waals surface area (Å²) in [5.74, 6) is 0.598. The molecular weight excluding hydrogens is 280 g/mol. The van der Waals surface area contributed by atoms with Crippen molar-refractivity contribution in [1.29, 1.82) is 0 Å². The Hall–Kier alpha value is -0.200. The second-order valence-electron chi connectivity index (χ2n) is 5.20. The lowest BCUT2D eigenvalue weighted by atomic mass is 9.81. The van der Waals surface area contributed by atoms with E-state index < -0.39 is 11.0 Å². The molecule has 0 aromatic rings. The average molecular weight is 306 g/mol. The molecule has 0 saturated carbocycles. The molecular formula is C13H26N2O2S2. The van der Waals surface area contributed by atoms with Crippen molar-refractivity contribution in [3.05, 3.63) is 0 Å². The van der Waals surface area contributed by atoms with E-state index in [4.69, 9.17) is 0 Å². The van der Waals surface area contributed by atoms with E-state index >= 15 is 0 Å². The van der Waals surface area contributed by atoms with Crippen LogP contribution < -0.4 is 10.6 Å². The standard InChI is InChI=1S/C13H26N2O2S2/c1-5-14-11(17)12(3,8-18)7-10(16)13(4,9-19)15-6-2/h15,18-19H,5-9H2,1-4H3,(H,14,17)/t12-,13+/m0/s1. The zero-order chi connectivity index (χ0) is 15.1. The molecule has 0 rings (SSSR count). The lowest BCUT2D eigenvalue weighted by Gasteiger charge is -2.32. The number of likely N-dealkylation sites (N-methyl/N-ethyl adjacent to an activating group) is 1. The molecule has 0 unspecified atom stereocenters. The molecule has 19 heavy (non-hydrogen) atoms. The SMILES string of the molecule is CCNC(=O)[C@](C)(CS)CC(=O)[C@@](C)(CS)NCC. The first-order valence-electron chi connectivity index (χ1n) is 6.58. The minimum atomic E-state index is -0.782. The van der Waals surface area contributed by atoms with E-state index in [2.05, 4.69) is 35.9 Å². The van der Waals surface area contributed by atoms with Crippen LogP contribution in [0.5, 0.6) is 0 Å². The highest BCUT2D eigenvalue weighted by Gasteiger charge is 2.40. The Balaban J connectivity index is 4.96. The van der Waals surface area contributed by atoms with Gasteiger partial charge in [-0.1, -0.05) is 6.92 Å². The first kappa shape index (κ1) is 18.8. The fraction of sp³-hybridized carbons (Fsp3) is 0.846. The Labute approximate surface area is 127 Å².